The fourth-order valence-corrected chi connectivity index (χ4v) is 6.69. The molecule has 0 aromatic carbocycles. The quantitative estimate of drug-likeness (QED) is 0.782. The molecule has 30 heavy (non-hydrogen) atoms. The lowest BCUT2D eigenvalue weighted by Gasteiger charge is -2.56. The molecule has 1 N–H and O–H groups in total. The van der Waals surface area contributed by atoms with Gasteiger partial charge in [0.15, 0.2) is 5.69 Å². The number of fused-ring (bicyclic) bond motifs is 1. The van der Waals surface area contributed by atoms with E-state index >= 15 is 0 Å². The third-order valence-corrected chi connectivity index (χ3v) is 7.46. The molecule has 2 aromatic heterocycles. The van der Waals surface area contributed by atoms with Crippen LogP contribution in [-0.2, 0) is 4.79 Å². The van der Waals surface area contributed by atoms with Crippen molar-refractivity contribution in [2.45, 2.75) is 44.9 Å². The molecular weight excluding hydrogens is 383 g/mol. The van der Waals surface area contributed by atoms with E-state index < -0.39 is 6.67 Å². The monoisotopic (exact) mass is 412 g/mol. The minimum Gasteiger partial charge on any atom is -0.338 e. The fraction of sp³-hybridized carbons (Fsp3) is 0.609. The zero-order valence-corrected chi connectivity index (χ0v) is 17.4. The van der Waals surface area contributed by atoms with Crippen molar-refractivity contribution in [3.05, 3.63) is 30.1 Å². The summed E-state index contributed by atoms with van der Waals surface area (Å²) in [5, 5.41) is 7.40. The number of hydrogen-bond acceptors (Lipinski definition) is 3. The Morgan fingerprint density at radius 3 is 2.53 bits per heavy atom. The Labute approximate surface area is 175 Å². The minimum absolute atomic E-state index is 0.0291. The Hall–Kier alpha value is -2.44. The van der Waals surface area contributed by atoms with Crippen LogP contribution in [0, 0.1) is 23.2 Å². The van der Waals surface area contributed by atoms with E-state index in [4.69, 9.17) is 0 Å². The smallest absolute Gasteiger partial charge is 0.274 e. The van der Waals surface area contributed by atoms with Crippen molar-refractivity contribution in [1.29, 1.82) is 0 Å². The summed E-state index contributed by atoms with van der Waals surface area (Å²) in [6.45, 7) is -0.567. The van der Waals surface area contributed by atoms with Crippen molar-refractivity contribution in [3.63, 3.8) is 0 Å². The number of aromatic nitrogens is 2. The molecule has 0 radical (unpaired) electrons. The summed E-state index contributed by atoms with van der Waals surface area (Å²) in [6.07, 6.45) is 10.0. The highest BCUT2D eigenvalue weighted by molar-refractivity contribution is 5.98. The highest BCUT2D eigenvalue weighted by atomic mass is 19.1. The van der Waals surface area contributed by atoms with Crippen molar-refractivity contribution < 1.29 is 14.0 Å². The highest BCUT2D eigenvalue weighted by Gasteiger charge is 2.51. The van der Waals surface area contributed by atoms with E-state index in [2.05, 4.69) is 10.4 Å². The third-order valence-electron chi connectivity index (χ3n) is 7.46. The molecular formula is C23H29FN4O2. The number of anilines is 1. The van der Waals surface area contributed by atoms with Gasteiger partial charge in [-0.3, -0.25) is 9.59 Å². The van der Waals surface area contributed by atoms with Crippen LogP contribution in [0.1, 0.15) is 55.4 Å². The molecule has 0 unspecified atom stereocenters. The molecule has 0 aliphatic heterocycles. The number of nitrogens with zero attached hydrogens (tertiary/aromatic N) is 3. The van der Waals surface area contributed by atoms with Gasteiger partial charge in [0.1, 0.15) is 6.67 Å². The van der Waals surface area contributed by atoms with E-state index in [0.717, 1.165) is 17.8 Å². The molecule has 4 aliphatic rings. The van der Waals surface area contributed by atoms with Crippen molar-refractivity contribution in [2.24, 2.45) is 23.2 Å². The first-order valence-electron chi connectivity index (χ1n) is 11.0. The van der Waals surface area contributed by atoms with Crippen LogP contribution in [0.2, 0.25) is 0 Å². The molecule has 4 aliphatic carbocycles. The van der Waals surface area contributed by atoms with E-state index in [1.165, 1.54) is 43.4 Å². The van der Waals surface area contributed by atoms with Crippen LogP contribution in [0.25, 0.3) is 5.52 Å². The number of carbonyl (C=O) groups is 2. The van der Waals surface area contributed by atoms with Gasteiger partial charge in [-0.15, -0.1) is 0 Å². The van der Waals surface area contributed by atoms with Crippen molar-refractivity contribution >= 4 is 23.0 Å². The average Bonchev–Trinajstić information content (AvgIpc) is 3.11. The van der Waals surface area contributed by atoms with Gasteiger partial charge in [-0.25, -0.2) is 8.91 Å². The summed E-state index contributed by atoms with van der Waals surface area (Å²) in [4.78, 5) is 26.8. The SMILES string of the molecule is CN(CCF)C(=O)c1cc2c(NC(=O)CC34CC5CC(CC(C5)C3)C4)cccn2n1. The second kappa shape index (κ2) is 7.36. The van der Waals surface area contributed by atoms with Gasteiger partial charge in [-0.2, -0.15) is 5.10 Å². The minimum atomic E-state index is -0.596. The number of amides is 2. The Balaban J connectivity index is 1.33. The first kappa shape index (κ1) is 19.5. The van der Waals surface area contributed by atoms with E-state index in [9.17, 15) is 14.0 Å². The molecule has 4 fully saturated rings. The standard InChI is InChI=1S/C23H29FN4O2/c1-27(6-4-24)22(30)19-10-20-18(3-2-5-28(20)26-19)25-21(29)14-23-11-15-7-16(12-23)9-17(8-15)13-23/h2-3,5,10,15-17H,4,6-9,11-14H2,1H3,(H,25,29). The van der Waals surface area contributed by atoms with Gasteiger partial charge in [-0.1, -0.05) is 0 Å². The lowest BCUT2D eigenvalue weighted by atomic mass is 9.49. The summed E-state index contributed by atoms with van der Waals surface area (Å²) in [5.41, 5.74) is 1.76. The summed E-state index contributed by atoms with van der Waals surface area (Å²) in [7, 11) is 1.56. The number of pyridine rings is 1. The summed E-state index contributed by atoms with van der Waals surface area (Å²) < 4.78 is 14.2. The van der Waals surface area contributed by atoms with Crippen molar-refractivity contribution in [3.8, 4) is 0 Å². The lowest BCUT2D eigenvalue weighted by molar-refractivity contribution is -0.124. The second-order valence-electron chi connectivity index (χ2n) is 9.84. The molecule has 4 saturated carbocycles. The third kappa shape index (κ3) is 3.48. The van der Waals surface area contributed by atoms with Crippen LogP contribution in [0.15, 0.2) is 24.4 Å². The number of alkyl halides is 1. The van der Waals surface area contributed by atoms with Crippen LogP contribution in [-0.4, -0.2) is 46.6 Å². The Kier molecular flexibility index (Phi) is 4.79. The molecule has 160 valence electrons. The van der Waals surface area contributed by atoms with E-state index in [-0.39, 0.29) is 29.5 Å². The van der Waals surface area contributed by atoms with Crippen molar-refractivity contribution in [2.75, 3.05) is 25.6 Å². The van der Waals surface area contributed by atoms with Crippen LogP contribution >= 0.6 is 0 Å². The predicted molar refractivity (Wildman–Crippen MR) is 112 cm³/mol. The zero-order valence-electron chi connectivity index (χ0n) is 17.4. The molecule has 0 atom stereocenters. The molecule has 2 heterocycles. The number of hydrogen-bond donors (Lipinski definition) is 1. The number of rotatable bonds is 6. The zero-order chi connectivity index (χ0) is 20.9. The van der Waals surface area contributed by atoms with Crippen LogP contribution in [0.4, 0.5) is 10.1 Å². The fourth-order valence-electron chi connectivity index (χ4n) is 6.69. The normalized spacial score (nSPS) is 29.3. The Bertz CT molecular complexity index is 949. The van der Waals surface area contributed by atoms with E-state index in [1.807, 2.05) is 6.07 Å². The average molecular weight is 413 g/mol. The van der Waals surface area contributed by atoms with Crippen LogP contribution in [0.5, 0.6) is 0 Å². The largest absolute Gasteiger partial charge is 0.338 e. The van der Waals surface area contributed by atoms with Gasteiger partial charge in [0.2, 0.25) is 5.91 Å². The van der Waals surface area contributed by atoms with Gasteiger partial charge in [0, 0.05) is 26.2 Å². The summed E-state index contributed by atoms with van der Waals surface area (Å²) in [5.74, 6) is 2.17. The maximum atomic E-state index is 13.0. The highest BCUT2D eigenvalue weighted by Crippen LogP contribution is 2.61. The van der Waals surface area contributed by atoms with Crippen LogP contribution < -0.4 is 5.32 Å². The van der Waals surface area contributed by atoms with E-state index in [1.54, 1.807) is 29.9 Å². The molecule has 2 amide bonds. The molecule has 0 saturated heterocycles. The summed E-state index contributed by atoms with van der Waals surface area (Å²) >= 11 is 0. The second-order valence-corrected chi connectivity index (χ2v) is 9.84. The van der Waals surface area contributed by atoms with Gasteiger partial charge < -0.3 is 10.2 Å². The van der Waals surface area contributed by atoms with Gasteiger partial charge in [-0.05, 0) is 79.9 Å². The number of nitrogens with one attached hydrogen (secondary N) is 1. The van der Waals surface area contributed by atoms with Crippen molar-refractivity contribution in [1.82, 2.24) is 14.5 Å². The maximum absolute atomic E-state index is 13.0. The molecule has 0 spiro atoms. The molecule has 7 heteroatoms. The molecule has 6 rings (SSSR count). The number of halogens is 1. The molecule has 6 nitrogen and oxygen atoms in total. The van der Waals surface area contributed by atoms with Crippen LogP contribution in [0.3, 0.4) is 0 Å². The Morgan fingerprint density at radius 1 is 1.23 bits per heavy atom. The summed E-state index contributed by atoms with van der Waals surface area (Å²) in [6, 6.07) is 5.31. The van der Waals surface area contributed by atoms with E-state index in [0.29, 0.717) is 17.6 Å². The maximum Gasteiger partial charge on any atom is 0.274 e. The van der Waals surface area contributed by atoms with Gasteiger partial charge >= 0.3 is 0 Å². The van der Waals surface area contributed by atoms with Gasteiger partial charge in [0.25, 0.3) is 5.91 Å². The molecule has 4 bridgehead atoms. The first-order valence-corrected chi connectivity index (χ1v) is 11.0. The van der Waals surface area contributed by atoms with Gasteiger partial charge in [0.05, 0.1) is 11.2 Å². The number of carbonyl (C=O) groups excluding carboxylic acids is 2. The topological polar surface area (TPSA) is 66.7 Å². The lowest BCUT2D eigenvalue weighted by Crippen LogP contribution is -2.47. The molecule has 2 aromatic rings. The first-order chi connectivity index (χ1) is 14.4. The Morgan fingerprint density at radius 2 is 1.90 bits per heavy atom. The predicted octanol–water partition coefficient (Wildman–Crippen LogP) is 3.92.